The largest absolute Gasteiger partial charge is 0.496 e. The molecule has 0 spiro atoms. The Morgan fingerprint density at radius 1 is 1.32 bits per heavy atom. The Kier molecular flexibility index (Phi) is 6.75. The SMILES string of the molecule is COc1c(/C(C)=C/C(=O)NCCCN2CCOCC2)cc2c(C)coc2c1C. The number of rotatable bonds is 7. The third kappa shape index (κ3) is 4.56. The molecule has 2 heterocycles. The molecule has 1 aromatic carbocycles. The number of methoxy groups -OCH3 is 1. The monoisotopic (exact) mass is 386 g/mol. The Labute approximate surface area is 166 Å². The van der Waals surface area contributed by atoms with E-state index in [0.717, 1.165) is 78.3 Å². The quantitative estimate of drug-likeness (QED) is 0.584. The number of fused-ring (bicyclic) bond motifs is 1. The van der Waals surface area contributed by atoms with Crippen LogP contribution in [0.1, 0.15) is 30.0 Å². The first-order valence-corrected chi connectivity index (χ1v) is 9.83. The van der Waals surface area contributed by atoms with Gasteiger partial charge in [-0.05, 0) is 50.9 Å². The van der Waals surface area contributed by atoms with E-state index >= 15 is 0 Å². The molecule has 1 amide bonds. The minimum atomic E-state index is -0.0804. The lowest BCUT2D eigenvalue weighted by Crippen LogP contribution is -2.38. The average molecular weight is 386 g/mol. The zero-order valence-electron chi connectivity index (χ0n) is 17.3. The van der Waals surface area contributed by atoms with E-state index in [1.165, 1.54) is 0 Å². The molecular weight excluding hydrogens is 356 g/mol. The molecule has 1 N–H and O–H groups in total. The van der Waals surface area contributed by atoms with Crippen LogP contribution in [0.4, 0.5) is 0 Å². The molecule has 1 fully saturated rings. The van der Waals surface area contributed by atoms with Crippen LogP contribution in [0.2, 0.25) is 0 Å². The lowest BCUT2D eigenvalue weighted by molar-refractivity contribution is -0.116. The first-order valence-electron chi connectivity index (χ1n) is 9.83. The van der Waals surface area contributed by atoms with Crippen LogP contribution >= 0.6 is 0 Å². The lowest BCUT2D eigenvalue weighted by atomic mass is 9.98. The molecule has 0 saturated carbocycles. The summed E-state index contributed by atoms with van der Waals surface area (Å²) in [5.41, 5.74) is 4.64. The molecular formula is C22H30N2O4. The van der Waals surface area contributed by atoms with Crippen LogP contribution < -0.4 is 10.1 Å². The number of furan rings is 1. The summed E-state index contributed by atoms with van der Waals surface area (Å²) < 4.78 is 16.6. The minimum Gasteiger partial charge on any atom is -0.496 e. The van der Waals surface area contributed by atoms with Crippen LogP contribution in [-0.2, 0) is 9.53 Å². The maximum atomic E-state index is 12.4. The van der Waals surface area contributed by atoms with E-state index in [9.17, 15) is 4.79 Å². The van der Waals surface area contributed by atoms with Gasteiger partial charge in [0.1, 0.15) is 11.3 Å². The van der Waals surface area contributed by atoms with Crippen molar-refractivity contribution in [2.45, 2.75) is 27.2 Å². The second kappa shape index (κ2) is 9.26. The first kappa shape index (κ1) is 20.4. The summed E-state index contributed by atoms with van der Waals surface area (Å²) in [5, 5.41) is 4.03. The molecule has 28 heavy (non-hydrogen) atoms. The summed E-state index contributed by atoms with van der Waals surface area (Å²) in [5.74, 6) is 0.666. The van der Waals surface area contributed by atoms with Gasteiger partial charge in [0.05, 0.1) is 26.6 Å². The average Bonchev–Trinajstić information content (AvgIpc) is 3.07. The van der Waals surface area contributed by atoms with E-state index in [1.54, 1.807) is 19.4 Å². The van der Waals surface area contributed by atoms with Crippen LogP contribution in [0.25, 0.3) is 16.5 Å². The summed E-state index contributed by atoms with van der Waals surface area (Å²) in [4.78, 5) is 14.7. The zero-order chi connectivity index (χ0) is 20.1. The number of aryl methyl sites for hydroxylation is 2. The van der Waals surface area contributed by atoms with Gasteiger partial charge in [0.15, 0.2) is 0 Å². The number of morpholine rings is 1. The molecule has 1 aliphatic heterocycles. The zero-order valence-corrected chi connectivity index (χ0v) is 17.3. The molecule has 0 aliphatic carbocycles. The van der Waals surface area contributed by atoms with Crippen LogP contribution in [0.3, 0.4) is 0 Å². The smallest absolute Gasteiger partial charge is 0.244 e. The van der Waals surface area contributed by atoms with Gasteiger partial charge in [-0.25, -0.2) is 0 Å². The molecule has 0 bridgehead atoms. The number of amides is 1. The highest BCUT2D eigenvalue weighted by Crippen LogP contribution is 2.37. The number of hydrogen-bond acceptors (Lipinski definition) is 5. The molecule has 0 radical (unpaired) electrons. The Morgan fingerprint density at radius 2 is 2.07 bits per heavy atom. The van der Waals surface area contributed by atoms with Crippen molar-refractivity contribution >= 4 is 22.4 Å². The van der Waals surface area contributed by atoms with E-state index in [-0.39, 0.29) is 5.91 Å². The third-order valence-electron chi connectivity index (χ3n) is 5.27. The third-order valence-corrected chi connectivity index (χ3v) is 5.27. The second-order valence-electron chi connectivity index (χ2n) is 7.30. The van der Waals surface area contributed by atoms with Gasteiger partial charge in [-0.1, -0.05) is 0 Å². The fraction of sp³-hybridized carbons (Fsp3) is 0.500. The van der Waals surface area contributed by atoms with E-state index < -0.39 is 0 Å². The van der Waals surface area contributed by atoms with Gasteiger partial charge in [-0.15, -0.1) is 0 Å². The molecule has 152 valence electrons. The fourth-order valence-electron chi connectivity index (χ4n) is 3.66. The standard InChI is InChI=1S/C22H30N2O4/c1-15(12-20(25)23-6-5-7-24-8-10-27-11-9-24)18-13-19-16(2)14-28-22(19)17(3)21(18)26-4/h12-14H,5-11H2,1-4H3,(H,23,25)/b15-12+. The van der Waals surface area contributed by atoms with Crippen LogP contribution in [0.15, 0.2) is 22.8 Å². The van der Waals surface area contributed by atoms with Crippen LogP contribution in [0.5, 0.6) is 5.75 Å². The number of nitrogens with one attached hydrogen (secondary N) is 1. The van der Waals surface area contributed by atoms with Gasteiger partial charge in [0.25, 0.3) is 0 Å². The molecule has 2 aromatic rings. The van der Waals surface area contributed by atoms with Crippen LogP contribution in [-0.4, -0.2) is 57.3 Å². The number of hydrogen-bond donors (Lipinski definition) is 1. The van der Waals surface area contributed by atoms with E-state index in [2.05, 4.69) is 10.2 Å². The predicted molar refractivity (Wildman–Crippen MR) is 111 cm³/mol. The van der Waals surface area contributed by atoms with Gasteiger partial charge in [0.2, 0.25) is 5.91 Å². The van der Waals surface area contributed by atoms with Crippen molar-refractivity contribution < 1.29 is 18.7 Å². The Hall–Kier alpha value is -2.31. The number of benzene rings is 1. The molecule has 0 unspecified atom stereocenters. The molecule has 1 aromatic heterocycles. The summed E-state index contributed by atoms with van der Waals surface area (Å²) in [6.07, 6.45) is 4.33. The highest BCUT2D eigenvalue weighted by Gasteiger charge is 2.17. The molecule has 1 saturated heterocycles. The van der Waals surface area contributed by atoms with Crippen molar-refractivity contribution in [3.8, 4) is 5.75 Å². The van der Waals surface area contributed by atoms with E-state index in [4.69, 9.17) is 13.9 Å². The van der Waals surface area contributed by atoms with Gasteiger partial charge in [-0.2, -0.15) is 0 Å². The number of carbonyl (C=O) groups excluding carboxylic acids is 1. The van der Waals surface area contributed by atoms with Crippen molar-refractivity contribution in [3.63, 3.8) is 0 Å². The summed E-state index contributed by atoms with van der Waals surface area (Å²) in [7, 11) is 1.65. The lowest BCUT2D eigenvalue weighted by Gasteiger charge is -2.26. The summed E-state index contributed by atoms with van der Waals surface area (Å²) in [6, 6.07) is 2.04. The summed E-state index contributed by atoms with van der Waals surface area (Å²) in [6.45, 7) is 11.1. The highest BCUT2D eigenvalue weighted by molar-refractivity contribution is 5.98. The maximum Gasteiger partial charge on any atom is 0.244 e. The predicted octanol–water partition coefficient (Wildman–Crippen LogP) is 3.30. The van der Waals surface area contributed by atoms with E-state index in [1.807, 2.05) is 26.8 Å². The van der Waals surface area contributed by atoms with E-state index in [0.29, 0.717) is 6.54 Å². The van der Waals surface area contributed by atoms with Crippen molar-refractivity contribution in [1.82, 2.24) is 10.2 Å². The fourth-order valence-corrected chi connectivity index (χ4v) is 3.66. The van der Waals surface area contributed by atoms with Crippen LogP contribution in [0, 0.1) is 13.8 Å². The molecule has 6 nitrogen and oxygen atoms in total. The van der Waals surface area contributed by atoms with Gasteiger partial charge >= 0.3 is 0 Å². The summed E-state index contributed by atoms with van der Waals surface area (Å²) >= 11 is 0. The second-order valence-corrected chi connectivity index (χ2v) is 7.30. The Bertz CT molecular complexity index is 863. The van der Waals surface area contributed by atoms with Crippen molar-refractivity contribution in [1.29, 1.82) is 0 Å². The molecule has 3 rings (SSSR count). The normalized spacial score (nSPS) is 15.8. The number of ether oxygens (including phenoxy) is 2. The minimum absolute atomic E-state index is 0.0804. The number of nitrogens with zero attached hydrogens (tertiary/aromatic N) is 1. The Balaban J connectivity index is 1.65. The van der Waals surface area contributed by atoms with Gasteiger partial charge in [0, 0.05) is 42.2 Å². The van der Waals surface area contributed by atoms with Crippen molar-refractivity contribution in [2.24, 2.45) is 0 Å². The van der Waals surface area contributed by atoms with Gasteiger partial charge < -0.3 is 19.2 Å². The van der Waals surface area contributed by atoms with Crippen molar-refractivity contribution in [2.75, 3.05) is 46.5 Å². The topological polar surface area (TPSA) is 63.9 Å². The number of allylic oxidation sites excluding steroid dienone is 1. The molecule has 6 heteroatoms. The first-order chi connectivity index (χ1) is 13.5. The number of carbonyl (C=O) groups is 1. The molecule has 1 aliphatic rings. The Morgan fingerprint density at radius 3 is 2.79 bits per heavy atom. The van der Waals surface area contributed by atoms with Gasteiger partial charge in [-0.3, -0.25) is 9.69 Å². The van der Waals surface area contributed by atoms with Crippen molar-refractivity contribution in [3.05, 3.63) is 35.1 Å². The maximum absolute atomic E-state index is 12.4. The molecule has 0 atom stereocenters. The highest BCUT2D eigenvalue weighted by atomic mass is 16.5.